The lowest BCUT2D eigenvalue weighted by atomic mass is 10.1. The number of nitrogens with zero attached hydrogens (tertiary/aromatic N) is 2. The van der Waals surface area contributed by atoms with Gasteiger partial charge < -0.3 is 14.6 Å². The highest BCUT2D eigenvalue weighted by Gasteiger charge is 2.24. The normalized spacial score (nSPS) is 21.5. The van der Waals surface area contributed by atoms with Crippen LogP contribution in [-0.4, -0.2) is 30.7 Å². The van der Waals surface area contributed by atoms with Crippen LogP contribution in [0.3, 0.4) is 0 Å². The van der Waals surface area contributed by atoms with Crippen molar-refractivity contribution in [1.29, 1.82) is 0 Å². The fourth-order valence-electron chi connectivity index (χ4n) is 2.53. The van der Waals surface area contributed by atoms with Gasteiger partial charge >= 0.3 is 0 Å². The van der Waals surface area contributed by atoms with Crippen LogP contribution in [0.4, 0.5) is 5.88 Å². The average molecular weight is 233 g/mol. The van der Waals surface area contributed by atoms with Gasteiger partial charge in [-0.1, -0.05) is 0 Å². The molecule has 0 saturated carbocycles. The molecule has 0 radical (unpaired) electrons. The first-order chi connectivity index (χ1) is 8.33. The number of piperidine rings is 1. The Morgan fingerprint density at radius 1 is 1.24 bits per heavy atom. The number of furan rings is 1. The third-order valence-electron chi connectivity index (χ3n) is 3.54. The summed E-state index contributed by atoms with van der Waals surface area (Å²) < 4.78 is 5.64. The van der Waals surface area contributed by atoms with Crippen LogP contribution in [0.25, 0.3) is 0 Å². The van der Waals surface area contributed by atoms with Gasteiger partial charge in [0.2, 0.25) is 5.88 Å². The SMILES string of the molecule is Cc1ccc(N2C=CN(C3CCNCC3)C2)o1. The Morgan fingerprint density at radius 2 is 2.06 bits per heavy atom. The summed E-state index contributed by atoms with van der Waals surface area (Å²) in [6.45, 7) is 5.16. The van der Waals surface area contributed by atoms with Crippen LogP contribution in [0, 0.1) is 6.92 Å². The van der Waals surface area contributed by atoms with Crippen molar-refractivity contribution < 1.29 is 4.42 Å². The molecule has 0 atom stereocenters. The van der Waals surface area contributed by atoms with Crippen LogP contribution in [0.15, 0.2) is 28.9 Å². The van der Waals surface area contributed by atoms with Crippen LogP contribution in [-0.2, 0) is 0 Å². The van der Waals surface area contributed by atoms with Crippen molar-refractivity contribution >= 4 is 5.88 Å². The maximum atomic E-state index is 5.64. The number of rotatable bonds is 2. The second-order valence-electron chi connectivity index (χ2n) is 4.79. The van der Waals surface area contributed by atoms with Crippen LogP contribution < -0.4 is 10.2 Å². The summed E-state index contributed by atoms with van der Waals surface area (Å²) in [7, 11) is 0. The van der Waals surface area contributed by atoms with Crippen LogP contribution in [0.1, 0.15) is 18.6 Å². The van der Waals surface area contributed by atoms with Crippen molar-refractivity contribution in [1.82, 2.24) is 10.2 Å². The minimum Gasteiger partial charge on any atom is -0.445 e. The van der Waals surface area contributed by atoms with Gasteiger partial charge in [-0.2, -0.15) is 0 Å². The molecule has 0 bridgehead atoms. The maximum Gasteiger partial charge on any atom is 0.201 e. The number of aryl methyl sites for hydroxylation is 1. The number of anilines is 1. The highest BCUT2D eigenvalue weighted by Crippen LogP contribution is 2.24. The fourth-order valence-corrected chi connectivity index (χ4v) is 2.53. The molecule has 1 saturated heterocycles. The second kappa shape index (κ2) is 4.45. The number of hydrogen-bond acceptors (Lipinski definition) is 4. The van der Waals surface area contributed by atoms with Gasteiger partial charge in [0, 0.05) is 24.5 Å². The topological polar surface area (TPSA) is 31.6 Å². The van der Waals surface area contributed by atoms with Gasteiger partial charge in [0.05, 0.1) is 6.67 Å². The van der Waals surface area contributed by atoms with Crippen LogP contribution in [0.5, 0.6) is 0 Å². The summed E-state index contributed by atoms with van der Waals surface area (Å²) in [6, 6.07) is 4.72. The molecule has 17 heavy (non-hydrogen) atoms. The summed E-state index contributed by atoms with van der Waals surface area (Å²) in [5.41, 5.74) is 0. The Hall–Kier alpha value is -1.42. The third-order valence-corrected chi connectivity index (χ3v) is 3.54. The smallest absolute Gasteiger partial charge is 0.201 e. The summed E-state index contributed by atoms with van der Waals surface area (Å²) in [5.74, 6) is 1.91. The molecule has 0 aromatic carbocycles. The molecule has 0 aliphatic carbocycles. The summed E-state index contributed by atoms with van der Waals surface area (Å²) >= 11 is 0. The number of nitrogens with one attached hydrogen (secondary N) is 1. The van der Waals surface area contributed by atoms with E-state index >= 15 is 0 Å². The third kappa shape index (κ3) is 2.17. The first-order valence-corrected chi connectivity index (χ1v) is 6.31. The molecule has 3 rings (SSSR count). The van der Waals surface area contributed by atoms with E-state index in [-0.39, 0.29) is 0 Å². The van der Waals surface area contributed by atoms with E-state index in [1.54, 1.807) is 0 Å². The van der Waals surface area contributed by atoms with Gasteiger partial charge in [-0.3, -0.25) is 4.90 Å². The zero-order valence-electron chi connectivity index (χ0n) is 10.2. The standard InChI is InChI=1S/C13H19N3O/c1-11-2-3-13(17-11)16-9-8-15(10-16)12-4-6-14-7-5-12/h2-3,8-9,12,14H,4-7,10H2,1H3. The maximum absolute atomic E-state index is 5.64. The molecule has 3 heterocycles. The van der Waals surface area contributed by atoms with E-state index in [0.717, 1.165) is 31.4 Å². The first-order valence-electron chi connectivity index (χ1n) is 6.31. The summed E-state index contributed by atoms with van der Waals surface area (Å²) in [4.78, 5) is 4.58. The Balaban J connectivity index is 1.64. The van der Waals surface area contributed by atoms with Gasteiger partial charge in [0.15, 0.2) is 0 Å². The van der Waals surface area contributed by atoms with Gasteiger partial charge in [-0.15, -0.1) is 0 Å². The summed E-state index contributed by atoms with van der Waals surface area (Å²) in [6.07, 6.45) is 6.76. The van der Waals surface area contributed by atoms with Crippen molar-refractivity contribution in [2.45, 2.75) is 25.8 Å². The Morgan fingerprint density at radius 3 is 2.76 bits per heavy atom. The van der Waals surface area contributed by atoms with Crippen LogP contribution in [0.2, 0.25) is 0 Å². The average Bonchev–Trinajstić information content (AvgIpc) is 2.98. The quantitative estimate of drug-likeness (QED) is 0.845. The molecule has 2 aliphatic rings. The molecular weight excluding hydrogens is 214 g/mol. The highest BCUT2D eigenvalue weighted by molar-refractivity contribution is 5.41. The van der Waals surface area contributed by atoms with E-state index in [2.05, 4.69) is 27.5 Å². The molecule has 1 aromatic rings. The van der Waals surface area contributed by atoms with E-state index in [1.165, 1.54) is 12.8 Å². The molecule has 0 spiro atoms. The largest absolute Gasteiger partial charge is 0.445 e. The Bertz CT molecular complexity index is 407. The predicted octanol–water partition coefficient (Wildman–Crippen LogP) is 1.89. The van der Waals surface area contributed by atoms with Crippen LogP contribution >= 0.6 is 0 Å². The van der Waals surface area contributed by atoms with Crippen molar-refractivity contribution in [2.24, 2.45) is 0 Å². The summed E-state index contributed by atoms with van der Waals surface area (Å²) in [5, 5.41) is 3.40. The van der Waals surface area contributed by atoms with Gasteiger partial charge in [-0.25, -0.2) is 0 Å². The molecule has 1 fully saturated rings. The molecule has 92 valence electrons. The molecule has 4 nitrogen and oxygen atoms in total. The van der Waals surface area contributed by atoms with Crippen molar-refractivity contribution in [3.05, 3.63) is 30.3 Å². The lowest BCUT2D eigenvalue weighted by Crippen LogP contribution is -2.41. The van der Waals surface area contributed by atoms with Gasteiger partial charge in [0.1, 0.15) is 5.76 Å². The minimum absolute atomic E-state index is 0.675. The van der Waals surface area contributed by atoms with E-state index in [1.807, 2.05) is 19.1 Å². The molecule has 0 unspecified atom stereocenters. The highest BCUT2D eigenvalue weighted by atomic mass is 16.4. The van der Waals surface area contributed by atoms with Crippen molar-refractivity contribution in [3.63, 3.8) is 0 Å². The zero-order chi connectivity index (χ0) is 11.7. The van der Waals surface area contributed by atoms with E-state index in [9.17, 15) is 0 Å². The monoisotopic (exact) mass is 233 g/mol. The second-order valence-corrected chi connectivity index (χ2v) is 4.79. The first kappa shape index (κ1) is 10.7. The molecule has 2 aliphatic heterocycles. The zero-order valence-corrected chi connectivity index (χ0v) is 10.2. The van der Waals surface area contributed by atoms with Gasteiger partial charge in [0.25, 0.3) is 0 Å². The molecular formula is C13H19N3O. The molecule has 1 N–H and O–H groups in total. The lowest BCUT2D eigenvalue weighted by molar-refractivity contribution is 0.239. The van der Waals surface area contributed by atoms with Gasteiger partial charge in [-0.05, 0) is 38.9 Å². The van der Waals surface area contributed by atoms with E-state index < -0.39 is 0 Å². The fraction of sp³-hybridized carbons (Fsp3) is 0.538. The Kier molecular flexibility index (Phi) is 2.81. The minimum atomic E-state index is 0.675. The van der Waals surface area contributed by atoms with Crippen molar-refractivity contribution in [2.75, 3.05) is 24.7 Å². The van der Waals surface area contributed by atoms with Crippen molar-refractivity contribution in [3.8, 4) is 0 Å². The molecule has 1 aromatic heterocycles. The number of hydrogen-bond donors (Lipinski definition) is 1. The molecule has 4 heteroatoms. The van der Waals surface area contributed by atoms with E-state index in [0.29, 0.717) is 6.04 Å². The Labute approximate surface area is 102 Å². The molecule has 0 amide bonds. The predicted molar refractivity (Wildman–Crippen MR) is 67.7 cm³/mol. The van der Waals surface area contributed by atoms with E-state index in [4.69, 9.17) is 4.42 Å². The lowest BCUT2D eigenvalue weighted by Gasteiger charge is -2.32.